The Morgan fingerprint density at radius 2 is 1.95 bits per heavy atom. The molecule has 0 aliphatic rings. The molecular weight excluding hydrogens is 326 g/mol. The van der Waals surface area contributed by atoms with E-state index >= 15 is 0 Å². The summed E-state index contributed by atoms with van der Waals surface area (Å²) in [5, 5.41) is 0. The minimum atomic E-state index is 0.693. The molecule has 0 bridgehead atoms. The van der Waals surface area contributed by atoms with Crippen molar-refractivity contribution in [3.05, 3.63) is 58.3 Å². The minimum absolute atomic E-state index is 0.693. The molecule has 3 aromatic rings. The number of rotatable bonds is 4. The Morgan fingerprint density at radius 1 is 1.19 bits per heavy atom. The van der Waals surface area contributed by atoms with E-state index < -0.39 is 0 Å². The van der Waals surface area contributed by atoms with E-state index in [0.29, 0.717) is 6.54 Å². The fourth-order valence-corrected chi connectivity index (χ4v) is 2.86. The fourth-order valence-electron chi connectivity index (χ4n) is 2.60. The van der Waals surface area contributed by atoms with Gasteiger partial charge in [0.2, 0.25) is 0 Å². The summed E-state index contributed by atoms with van der Waals surface area (Å²) in [6.45, 7) is 2.79. The molecule has 0 atom stereocenters. The molecule has 1 aromatic carbocycles. The minimum Gasteiger partial charge on any atom is -0.330 e. The van der Waals surface area contributed by atoms with Gasteiger partial charge >= 0.3 is 0 Å². The molecule has 21 heavy (non-hydrogen) atoms. The Morgan fingerprint density at radius 3 is 2.67 bits per heavy atom. The van der Waals surface area contributed by atoms with Gasteiger partial charge in [-0.3, -0.25) is 0 Å². The first-order valence-electron chi connectivity index (χ1n) is 7.13. The number of fused-ring (bicyclic) bond motifs is 1. The van der Waals surface area contributed by atoms with Crippen LogP contribution in [0.1, 0.15) is 17.7 Å². The van der Waals surface area contributed by atoms with Crippen LogP contribution in [0.4, 0.5) is 0 Å². The molecule has 0 unspecified atom stereocenters. The van der Waals surface area contributed by atoms with Crippen molar-refractivity contribution < 1.29 is 0 Å². The number of aromatic nitrogens is 2. The van der Waals surface area contributed by atoms with Crippen LogP contribution in [0.25, 0.3) is 16.9 Å². The van der Waals surface area contributed by atoms with Crippen LogP contribution >= 0.6 is 15.9 Å². The van der Waals surface area contributed by atoms with Crippen molar-refractivity contribution in [2.75, 3.05) is 6.54 Å². The summed E-state index contributed by atoms with van der Waals surface area (Å²) in [6, 6.07) is 12.5. The van der Waals surface area contributed by atoms with E-state index in [1.165, 1.54) is 11.3 Å². The normalized spacial score (nSPS) is 11.2. The fraction of sp³-hybridized carbons (Fsp3) is 0.235. The number of nitrogens with two attached hydrogens (primary N) is 1. The number of aryl methyl sites for hydroxylation is 2. The number of pyridine rings is 1. The molecule has 0 saturated carbocycles. The lowest BCUT2D eigenvalue weighted by molar-refractivity contribution is 0.803. The molecule has 2 N–H and O–H groups in total. The maximum absolute atomic E-state index is 5.69. The summed E-state index contributed by atoms with van der Waals surface area (Å²) in [5.41, 5.74) is 11.4. The third kappa shape index (κ3) is 2.74. The van der Waals surface area contributed by atoms with E-state index in [2.05, 4.69) is 69.8 Å². The largest absolute Gasteiger partial charge is 0.330 e. The first kappa shape index (κ1) is 14.3. The molecule has 4 heteroatoms. The van der Waals surface area contributed by atoms with Gasteiger partial charge < -0.3 is 10.1 Å². The van der Waals surface area contributed by atoms with Crippen LogP contribution in [0, 0.1) is 6.92 Å². The molecule has 0 saturated heterocycles. The van der Waals surface area contributed by atoms with Gasteiger partial charge in [0, 0.05) is 16.2 Å². The maximum Gasteiger partial charge on any atom is 0.140 e. The zero-order chi connectivity index (χ0) is 14.8. The van der Waals surface area contributed by atoms with Gasteiger partial charge in [-0.25, -0.2) is 4.98 Å². The lowest BCUT2D eigenvalue weighted by Gasteiger charge is -2.05. The summed E-state index contributed by atoms with van der Waals surface area (Å²) in [5.74, 6) is 0. The number of hydrogen-bond donors (Lipinski definition) is 1. The van der Waals surface area contributed by atoms with Crippen LogP contribution in [0.5, 0.6) is 0 Å². The number of hydrogen-bond acceptors (Lipinski definition) is 2. The van der Waals surface area contributed by atoms with Crippen molar-refractivity contribution in [2.45, 2.75) is 19.8 Å². The van der Waals surface area contributed by atoms with E-state index in [0.717, 1.165) is 34.2 Å². The topological polar surface area (TPSA) is 43.3 Å². The molecular formula is C17H18BrN3. The number of imidazole rings is 1. The van der Waals surface area contributed by atoms with Crippen molar-refractivity contribution >= 4 is 21.6 Å². The predicted octanol–water partition coefficient (Wildman–Crippen LogP) is 3.96. The highest BCUT2D eigenvalue weighted by molar-refractivity contribution is 9.10. The lowest BCUT2D eigenvalue weighted by atomic mass is 10.1. The second-order valence-electron chi connectivity index (χ2n) is 5.19. The standard InChI is InChI=1S/C17H18BrN3/c1-12-4-3-11-21-15(5-2-10-19)16(20-17(12)21)13-6-8-14(18)9-7-13/h3-4,6-9,11H,2,5,10,19H2,1H3. The van der Waals surface area contributed by atoms with Crippen molar-refractivity contribution in [1.82, 2.24) is 9.38 Å². The van der Waals surface area contributed by atoms with Crippen molar-refractivity contribution in [2.24, 2.45) is 5.73 Å². The summed E-state index contributed by atoms with van der Waals surface area (Å²) >= 11 is 3.48. The highest BCUT2D eigenvalue weighted by Gasteiger charge is 2.14. The molecule has 0 aliphatic heterocycles. The second kappa shape index (κ2) is 6.00. The van der Waals surface area contributed by atoms with Gasteiger partial charge in [-0.2, -0.15) is 0 Å². The quantitative estimate of drug-likeness (QED) is 0.778. The highest BCUT2D eigenvalue weighted by atomic mass is 79.9. The molecule has 0 aliphatic carbocycles. The molecule has 0 amide bonds. The predicted molar refractivity (Wildman–Crippen MR) is 90.4 cm³/mol. The molecule has 2 aromatic heterocycles. The smallest absolute Gasteiger partial charge is 0.140 e. The van der Waals surface area contributed by atoms with Crippen LogP contribution in [-0.2, 0) is 6.42 Å². The zero-order valence-corrected chi connectivity index (χ0v) is 13.6. The monoisotopic (exact) mass is 343 g/mol. The van der Waals surface area contributed by atoms with Gasteiger partial charge in [0.15, 0.2) is 0 Å². The van der Waals surface area contributed by atoms with E-state index in [-0.39, 0.29) is 0 Å². The SMILES string of the molecule is Cc1cccn2c(CCCN)c(-c3ccc(Br)cc3)nc12. The Hall–Kier alpha value is -1.65. The van der Waals surface area contributed by atoms with Gasteiger partial charge in [-0.05, 0) is 50.1 Å². The van der Waals surface area contributed by atoms with Gasteiger partial charge in [-0.15, -0.1) is 0 Å². The molecule has 0 radical (unpaired) electrons. The van der Waals surface area contributed by atoms with E-state index in [9.17, 15) is 0 Å². The van der Waals surface area contributed by atoms with E-state index in [1.807, 2.05) is 0 Å². The van der Waals surface area contributed by atoms with E-state index in [1.54, 1.807) is 0 Å². The zero-order valence-electron chi connectivity index (χ0n) is 12.0. The summed E-state index contributed by atoms with van der Waals surface area (Å²) in [7, 11) is 0. The average molecular weight is 344 g/mol. The van der Waals surface area contributed by atoms with Gasteiger partial charge in [0.1, 0.15) is 5.65 Å². The Bertz CT molecular complexity index is 760. The van der Waals surface area contributed by atoms with Crippen LogP contribution in [0.2, 0.25) is 0 Å². The van der Waals surface area contributed by atoms with E-state index in [4.69, 9.17) is 10.7 Å². The van der Waals surface area contributed by atoms with Gasteiger partial charge in [-0.1, -0.05) is 34.1 Å². The average Bonchev–Trinajstić information content (AvgIpc) is 2.86. The van der Waals surface area contributed by atoms with Crippen molar-refractivity contribution in [3.8, 4) is 11.3 Å². The van der Waals surface area contributed by atoms with Crippen LogP contribution in [0.15, 0.2) is 47.1 Å². The molecule has 0 spiro atoms. The summed E-state index contributed by atoms with van der Waals surface area (Å²) < 4.78 is 3.28. The molecule has 2 heterocycles. The maximum atomic E-state index is 5.69. The van der Waals surface area contributed by atoms with Crippen LogP contribution in [0.3, 0.4) is 0 Å². The first-order valence-corrected chi connectivity index (χ1v) is 7.92. The molecule has 3 rings (SSSR count). The van der Waals surface area contributed by atoms with Gasteiger partial charge in [0.25, 0.3) is 0 Å². The van der Waals surface area contributed by atoms with Gasteiger partial charge in [0.05, 0.1) is 11.4 Å². The van der Waals surface area contributed by atoms with Crippen LogP contribution in [-0.4, -0.2) is 15.9 Å². The molecule has 108 valence electrons. The third-order valence-corrected chi connectivity index (χ3v) is 4.21. The summed E-state index contributed by atoms with van der Waals surface area (Å²) in [6.07, 6.45) is 3.99. The summed E-state index contributed by atoms with van der Waals surface area (Å²) in [4.78, 5) is 4.87. The number of nitrogens with zero attached hydrogens (tertiary/aromatic N) is 2. The molecule has 3 nitrogen and oxygen atoms in total. The second-order valence-corrected chi connectivity index (χ2v) is 6.11. The lowest BCUT2D eigenvalue weighted by Crippen LogP contribution is -2.03. The Balaban J connectivity index is 2.20. The Labute approximate surface area is 132 Å². The van der Waals surface area contributed by atoms with Crippen LogP contribution < -0.4 is 5.73 Å². The molecule has 0 fully saturated rings. The number of halogens is 1. The third-order valence-electron chi connectivity index (χ3n) is 3.68. The first-order chi connectivity index (χ1) is 10.2. The van der Waals surface area contributed by atoms with Crippen molar-refractivity contribution in [1.29, 1.82) is 0 Å². The number of benzene rings is 1. The Kier molecular flexibility index (Phi) is 4.08. The van der Waals surface area contributed by atoms with Crippen molar-refractivity contribution in [3.63, 3.8) is 0 Å². The highest BCUT2D eigenvalue weighted by Crippen LogP contribution is 2.27.